The smallest absolute Gasteiger partial charge is 0.306 e. The lowest BCUT2D eigenvalue weighted by atomic mass is 10.1. The molecule has 2 N–H and O–H groups in total. The van der Waals surface area contributed by atoms with E-state index in [1.54, 1.807) is 20.8 Å². The molecule has 0 bridgehead atoms. The summed E-state index contributed by atoms with van der Waals surface area (Å²) in [5.74, 6) is -1.03. The number of hydrogen-bond acceptors (Lipinski definition) is 4. The van der Waals surface area contributed by atoms with E-state index in [2.05, 4.69) is 0 Å². The highest BCUT2D eigenvalue weighted by atomic mass is 16.6. The lowest BCUT2D eigenvalue weighted by Gasteiger charge is -2.25. The molecule has 6 nitrogen and oxygen atoms in total. The van der Waals surface area contributed by atoms with Crippen LogP contribution in [0, 0.1) is 0 Å². The summed E-state index contributed by atoms with van der Waals surface area (Å²) >= 11 is 0. The van der Waals surface area contributed by atoms with Crippen LogP contribution in [-0.2, 0) is 19.1 Å². The molecule has 6 heteroatoms. The fraction of sp³-hybridized carbons (Fsp3) is 0.769. The number of hydrogen-bond donors (Lipinski definition) is 1. The SMILES string of the molecule is CC(C)(C)OC(=O)CC[C@H](C(N)=O)N1CCCC1=O. The molecule has 0 aromatic heterocycles. The third kappa shape index (κ3) is 4.89. The number of nitrogens with zero attached hydrogens (tertiary/aromatic N) is 1. The molecule has 1 heterocycles. The quantitative estimate of drug-likeness (QED) is 0.740. The van der Waals surface area contributed by atoms with Gasteiger partial charge in [-0.15, -0.1) is 0 Å². The van der Waals surface area contributed by atoms with Crippen LogP contribution in [0.5, 0.6) is 0 Å². The molecule has 1 aliphatic rings. The molecule has 1 saturated heterocycles. The van der Waals surface area contributed by atoms with Gasteiger partial charge in [0.15, 0.2) is 0 Å². The average Bonchev–Trinajstić information content (AvgIpc) is 2.62. The van der Waals surface area contributed by atoms with E-state index in [9.17, 15) is 14.4 Å². The number of carbonyl (C=O) groups excluding carboxylic acids is 3. The van der Waals surface area contributed by atoms with Crippen LogP contribution in [0.4, 0.5) is 0 Å². The Morgan fingerprint density at radius 1 is 1.42 bits per heavy atom. The molecule has 0 aromatic rings. The van der Waals surface area contributed by atoms with Gasteiger partial charge in [-0.25, -0.2) is 0 Å². The summed E-state index contributed by atoms with van der Waals surface area (Å²) in [7, 11) is 0. The zero-order valence-electron chi connectivity index (χ0n) is 11.8. The summed E-state index contributed by atoms with van der Waals surface area (Å²) in [6.45, 7) is 5.86. The van der Waals surface area contributed by atoms with Crippen LogP contribution in [0.2, 0.25) is 0 Å². The molecule has 0 saturated carbocycles. The van der Waals surface area contributed by atoms with Gasteiger partial charge >= 0.3 is 5.97 Å². The topological polar surface area (TPSA) is 89.7 Å². The Kier molecular flexibility index (Phi) is 4.91. The molecule has 0 spiro atoms. The number of nitrogens with two attached hydrogens (primary N) is 1. The fourth-order valence-corrected chi connectivity index (χ4v) is 2.10. The van der Waals surface area contributed by atoms with E-state index in [1.165, 1.54) is 4.90 Å². The van der Waals surface area contributed by atoms with Crippen LogP contribution in [0.3, 0.4) is 0 Å². The molecule has 108 valence electrons. The van der Waals surface area contributed by atoms with Crippen molar-refractivity contribution >= 4 is 17.8 Å². The van der Waals surface area contributed by atoms with Gasteiger partial charge in [-0.3, -0.25) is 14.4 Å². The van der Waals surface area contributed by atoms with Crippen LogP contribution >= 0.6 is 0 Å². The number of amides is 2. The predicted molar refractivity (Wildman–Crippen MR) is 69.0 cm³/mol. The van der Waals surface area contributed by atoms with Crippen molar-refractivity contribution in [3.63, 3.8) is 0 Å². The molecule has 2 amide bonds. The van der Waals surface area contributed by atoms with Crippen molar-refractivity contribution in [1.29, 1.82) is 0 Å². The van der Waals surface area contributed by atoms with Crippen LogP contribution in [0.1, 0.15) is 46.5 Å². The van der Waals surface area contributed by atoms with E-state index in [0.717, 1.165) is 6.42 Å². The monoisotopic (exact) mass is 270 g/mol. The Morgan fingerprint density at radius 2 is 2.05 bits per heavy atom. The molecule has 0 radical (unpaired) electrons. The molecule has 19 heavy (non-hydrogen) atoms. The first kappa shape index (κ1) is 15.5. The average molecular weight is 270 g/mol. The van der Waals surface area contributed by atoms with Crippen molar-refractivity contribution in [2.24, 2.45) is 5.73 Å². The third-order valence-electron chi connectivity index (χ3n) is 2.86. The summed E-state index contributed by atoms with van der Waals surface area (Å²) < 4.78 is 5.16. The van der Waals surface area contributed by atoms with Crippen LogP contribution < -0.4 is 5.73 Å². The van der Waals surface area contributed by atoms with Crippen LogP contribution in [-0.4, -0.2) is 40.9 Å². The minimum absolute atomic E-state index is 0.0759. The van der Waals surface area contributed by atoms with Gasteiger partial charge in [-0.05, 0) is 33.6 Å². The number of carbonyl (C=O) groups is 3. The van der Waals surface area contributed by atoms with Crippen molar-refractivity contribution in [3.8, 4) is 0 Å². The summed E-state index contributed by atoms with van der Waals surface area (Å²) in [5, 5.41) is 0. The molecular formula is C13H22N2O4. The van der Waals surface area contributed by atoms with Crippen molar-refractivity contribution in [2.75, 3.05) is 6.54 Å². The highest BCUT2D eigenvalue weighted by molar-refractivity contribution is 5.88. The zero-order chi connectivity index (χ0) is 14.6. The lowest BCUT2D eigenvalue weighted by Crippen LogP contribution is -2.45. The van der Waals surface area contributed by atoms with E-state index in [1.807, 2.05) is 0 Å². The van der Waals surface area contributed by atoms with E-state index < -0.39 is 17.6 Å². The summed E-state index contributed by atoms with van der Waals surface area (Å²) in [6, 6.07) is -0.706. The van der Waals surface area contributed by atoms with Gasteiger partial charge < -0.3 is 15.4 Å². The Bertz CT molecular complexity index is 373. The van der Waals surface area contributed by atoms with Gasteiger partial charge in [-0.1, -0.05) is 0 Å². The van der Waals surface area contributed by atoms with Crippen molar-refractivity contribution in [1.82, 2.24) is 4.90 Å². The molecule has 1 atom stereocenters. The second-order valence-electron chi connectivity index (χ2n) is 5.73. The van der Waals surface area contributed by atoms with Gasteiger partial charge in [0.25, 0.3) is 0 Å². The van der Waals surface area contributed by atoms with Gasteiger partial charge in [0.2, 0.25) is 11.8 Å². The maximum atomic E-state index is 11.6. The first-order chi connectivity index (χ1) is 8.70. The molecule has 1 fully saturated rings. The van der Waals surface area contributed by atoms with E-state index in [0.29, 0.717) is 13.0 Å². The van der Waals surface area contributed by atoms with Crippen molar-refractivity contribution in [3.05, 3.63) is 0 Å². The maximum absolute atomic E-state index is 11.6. The second kappa shape index (κ2) is 6.04. The van der Waals surface area contributed by atoms with E-state index in [-0.39, 0.29) is 24.7 Å². The van der Waals surface area contributed by atoms with Crippen molar-refractivity contribution in [2.45, 2.75) is 58.1 Å². The lowest BCUT2D eigenvalue weighted by molar-refractivity contribution is -0.155. The van der Waals surface area contributed by atoms with Crippen molar-refractivity contribution < 1.29 is 19.1 Å². The number of ether oxygens (including phenoxy) is 1. The predicted octanol–water partition coefficient (Wildman–Crippen LogP) is 0.585. The Labute approximate surface area is 113 Å². The largest absolute Gasteiger partial charge is 0.460 e. The summed E-state index contributed by atoms with van der Waals surface area (Å²) in [4.78, 5) is 36.1. The minimum Gasteiger partial charge on any atom is -0.460 e. The highest BCUT2D eigenvalue weighted by Gasteiger charge is 2.32. The Balaban J connectivity index is 2.53. The highest BCUT2D eigenvalue weighted by Crippen LogP contribution is 2.18. The first-order valence-electron chi connectivity index (χ1n) is 6.51. The van der Waals surface area contributed by atoms with E-state index >= 15 is 0 Å². The Morgan fingerprint density at radius 3 is 2.47 bits per heavy atom. The molecule has 0 aromatic carbocycles. The summed E-state index contributed by atoms with van der Waals surface area (Å²) in [5.41, 5.74) is 4.75. The molecule has 1 aliphatic heterocycles. The van der Waals surface area contributed by atoms with Crippen LogP contribution in [0.25, 0.3) is 0 Å². The second-order valence-corrected chi connectivity index (χ2v) is 5.73. The third-order valence-corrected chi connectivity index (χ3v) is 2.86. The number of primary amides is 1. The number of rotatable bonds is 5. The normalized spacial score (nSPS) is 17.4. The van der Waals surface area contributed by atoms with Crippen LogP contribution in [0.15, 0.2) is 0 Å². The zero-order valence-corrected chi connectivity index (χ0v) is 11.8. The maximum Gasteiger partial charge on any atom is 0.306 e. The minimum atomic E-state index is -0.706. The molecule has 0 aliphatic carbocycles. The first-order valence-corrected chi connectivity index (χ1v) is 6.51. The standard InChI is InChI=1S/C13H22N2O4/c1-13(2,3)19-11(17)7-6-9(12(14)18)15-8-4-5-10(15)16/h9H,4-8H2,1-3H3,(H2,14,18)/t9-/m1/s1. The molecule has 0 unspecified atom stereocenters. The fourth-order valence-electron chi connectivity index (χ4n) is 2.10. The molecular weight excluding hydrogens is 248 g/mol. The van der Waals surface area contributed by atoms with Gasteiger partial charge in [0.1, 0.15) is 11.6 Å². The van der Waals surface area contributed by atoms with Gasteiger partial charge in [0.05, 0.1) is 0 Å². The van der Waals surface area contributed by atoms with Gasteiger partial charge in [0, 0.05) is 19.4 Å². The van der Waals surface area contributed by atoms with E-state index in [4.69, 9.17) is 10.5 Å². The Hall–Kier alpha value is -1.59. The molecule has 1 rings (SSSR count). The summed E-state index contributed by atoms with van der Waals surface area (Å²) in [6.07, 6.45) is 1.47. The number of likely N-dealkylation sites (tertiary alicyclic amines) is 1. The van der Waals surface area contributed by atoms with Gasteiger partial charge in [-0.2, -0.15) is 0 Å². The number of esters is 1.